The highest BCUT2D eigenvalue weighted by Crippen LogP contribution is 2.25. The summed E-state index contributed by atoms with van der Waals surface area (Å²) in [5, 5.41) is 16.6. The van der Waals surface area contributed by atoms with Crippen LogP contribution in [0, 0.1) is 10.1 Å². The van der Waals surface area contributed by atoms with E-state index in [1.54, 1.807) is 0 Å². The van der Waals surface area contributed by atoms with Crippen molar-refractivity contribution in [3.8, 4) is 0 Å². The van der Waals surface area contributed by atoms with Crippen LogP contribution in [0.1, 0.15) is 43.5 Å². The molecule has 0 unspecified atom stereocenters. The fraction of sp³-hybridized carbons (Fsp3) is 0.500. The van der Waals surface area contributed by atoms with Gasteiger partial charge in [-0.05, 0) is 25.5 Å². The van der Waals surface area contributed by atoms with Crippen LogP contribution in [-0.2, 0) is 0 Å². The second kappa shape index (κ2) is 8.14. The first-order valence-corrected chi connectivity index (χ1v) is 6.90. The monoisotopic (exact) mass is 279 g/mol. The van der Waals surface area contributed by atoms with Crippen molar-refractivity contribution in [3.05, 3.63) is 33.9 Å². The molecular formula is C14H21N3O3. The zero-order valence-corrected chi connectivity index (χ0v) is 11.9. The summed E-state index contributed by atoms with van der Waals surface area (Å²) in [4.78, 5) is 22.4. The van der Waals surface area contributed by atoms with Crippen LogP contribution in [0.3, 0.4) is 0 Å². The molecule has 2 N–H and O–H groups in total. The molecule has 0 fully saturated rings. The van der Waals surface area contributed by atoms with Crippen LogP contribution in [-0.4, -0.2) is 23.9 Å². The van der Waals surface area contributed by atoms with E-state index >= 15 is 0 Å². The number of nitrogens with one attached hydrogen (secondary N) is 2. The molecule has 0 spiro atoms. The van der Waals surface area contributed by atoms with E-state index in [-0.39, 0.29) is 11.6 Å². The molecule has 0 aliphatic rings. The number of amides is 1. The third-order valence-electron chi connectivity index (χ3n) is 2.89. The summed E-state index contributed by atoms with van der Waals surface area (Å²) in [6.07, 6.45) is 3.11. The number of anilines is 1. The molecule has 1 aromatic carbocycles. The van der Waals surface area contributed by atoms with Crippen molar-refractivity contribution in [1.82, 2.24) is 5.32 Å². The Labute approximate surface area is 118 Å². The number of nitro benzene ring substituents is 1. The molecular weight excluding hydrogens is 258 g/mol. The molecule has 0 aromatic heterocycles. The average Bonchev–Trinajstić information content (AvgIpc) is 2.43. The fourth-order valence-corrected chi connectivity index (χ4v) is 1.85. The molecule has 0 heterocycles. The Hall–Kier alpha value is -2.11. The van der Waals surface area contributed by atoms with Crippen molar-refractivity contribution in [2.24, 2.45) is 0 Å². The topological polar surface area (TPSA) is 84.3 Å². The predicted molar refractivity (Wildman–Crippen MR) is 79.1 cm³/mol. The molecule has 110 valence electrons. The van der Waals surface area contributed by atoms with Crippen LogP contribution in [0.25, 0.3) is 0 Å². The summed E-state index contributed by atoms with van der Waals surface area (Å²) in [6.45, 7) is 5.13. The normalized spacial score (nSPS) is 10.1. The smallest absolute Gasteiger partial charge is 0.292 e. The van der Waals surface area contributed by atoms with E-state index in [9.17, 15) is 14.9 Å². The van der Waals surface area contributed by atoms with Crippen molar-refractivity contribution in [2.75, 3.05) is 18.4 Å². The molecule has 0 radical (unpaired) electrons. The Morgan fingerprint density at radius 2 is 2.05 bits per heavy atom. The summed E-state index contributed by atoms with van der Waals surface area (Å²) in [7, 11) is 0. The van der Waals surface area contributed by atoms with Crippen molar-refractivity contribution in [2.45, 2.75) is 33.1 Å². The quantitative estimate of drug-likeness (QED) is 0.435. The number of hydrogen-bond acceptors (Lipinski definition) is 4. The van der Waals surface area contributed by atoms with E-state index in [1.165, 1.54) is 18.2 Å². The highest BCUT2D eigenvalue weighted by molar-refractivity contribution is 5.95. The van der Waals surface area contributed by atoms with Crippen LogP contribution in [0.15, 0.2) is 18.2 Å². The first kappa shape index (κ1) is 15.9. The number of nitrogens with zero attached hydrogens (tertiary/aromatic N) is 1. The number of carbonyl (C=O) groups excluding carboxylic acids is 1. The molecule has 1 aromatic rings. The van der Waals surface area contributed by atoms with Gasteiger partial charge >= 0.3 is 0 Å². The summed E-state index contributed by atoms with van der Waals surface area (Å²) in [6, 6.07) is 4.36. The zero-order chi connectivity index (χ0) is 15.0. The van der Waals surface area contributed by atoms with Crippen molar-refractivity contribution < 1.29 is 9.72 Å². The van der Waals surface area contributed by atoms with Gasteiger partial charge < -0.3 is 10.6 Å². The Bertz CT molecular complexity index is 475. The van der Waals surface area contributed by atoms with Gasteiger partial charge in [0.25, 0.3) is 11.6 Å². The van der Waals surface area contributed by atoms with Gasteiger partial charge in [-0.15, -0.1) is 0 Å². The lowest BCUT2D eigenvalue weighted by Gasteiger charge is -2.08. The maximum atomic E-state index is 11.9. The van der Waals surface area contributed by atoms with Crippen molar-refractivity contribution in [1.29, 1.82) is 0 Å². The molecule has 0 saturated heterocycles. The summed E-state index contributed by atoms with van der Waals surface area (Å²) in [5.74, 6) is -0.199. The van der Waals surface area contributed by atoms with Gasteiger partial charge in [0.2, 0.25) is 0 Å². The second-order valence-electron chi connectivity index (χ2n) is 4.48. The van der Waals surface area contributed by atoms with Crippen molar-refractivity contribution in [3.63, 3.8) is 0 Å². The van der Waals surface area contributed by atoms with Crippen LogP contribution < -0.4 is 10.6 Å². The van der Waals surface area contributed by atoms with Crippen LogP contribution in [0.4, 0.5) is 11.4 Å². The molecule has 0 aliphatic heterocycles. The number of unbranched alkanes of at least 4 members (excludes halogenated alkanes) is 2. The molecule has 0 atom stereocenters. The summed E-state index contributed by atoms with van der Waals surface area (Å²) in [5.41, 5.74) is 0.788. The van der Waals surface area contributed by atoms with E-state index in [0.717, 1.165) is 19.3 Å². The lowest BCUT2D eigenvalue weighted by atomic mass is 10.1. The second-order valence-corrected chi connectivity index (χ2v) is 4.48. The highest BCUT2D eigenvalue weighted by atomic mass is 16.6. The van der Waals surface area contributed by atoms with Gasteiger partial charge in [0, 0.05) is 24.7 Å². The zero-order valence-electron chi connectivity index (χ0n) is 11.9. The maximum Gasteiger partial charge on any atom is 0.292 e. The number of nitro groups is 1. The highest BCUT2D eigenvalue weighted by Gasteiger charge is 2.16. The van der Waals surface area contributed by atoms with Crippen LogP contribution in [0.2, 0.25) is 0 Å². The SMILES string of the molecule is CCCCCNC(=O)c1ccc([N+](=O)[O-])c(NCC)c1. The molecule has 0 saturated carbocycles. The Kier molecular flexibility index (Phi) is 6.49. The third kappa shape index (κ3) is 4.53. The van der Waals surface area contributed by atoms with E-state index in [1.807, 2.05) is 6.92 Å². The predicted octanol–water partition coefficient (Wildman–Crippen LogP) is 2.95. The molecule has 0 aliphatic carbocycles. The van der Waals surface area contributed by atoms with Gasteiger partial charge in [-0.25, -0.2) is 0 Å². The minimum atomic E-state index is -0.457. The first-order chi connectivity index (χ1) is 9.60. The summed E-state index contributed by atoms with van der Waals surface area (Å²) < 4.78 is 0. The number of rotatable bonds is 8. The number of carbonyl (C=O) groups is 1. The van der Waals surface area contributed by atoms with E-state index in [2.05, 4.69) is 17.6 Å². The van der Waals surface area contributed by atoms with E-state index in [0.29, 0.717) is 24.3 Å². The van der Waals surface area contributed by atoms with Gasteiger partial charge in [-0.2, -0.15) is 0 Å². The Balaban J connectivity index is 2.77. The Morgan fingerprint density at radius 3 is 2.65 bits per heavy atom. The standard InChI is InChI=1S/C14H21N3O3/c1-3-5-6-9-16-14(18)11-7-8-13(17(19)20)12(10-11)15-4-2/h7-8,10,15H,3-6,9H2,1-2H3,(H,16,18). The third-order valence-corrected chi connectivity index (χ3v) is 2.89. The van der Waals surface area contributed by atoms with E-state index in [4.69, 9.17) is 0 Å². The first-order valence-electron chi connectivity index (χ1n) is 6.90. The van der Waals surface area contributed by atoms with Crippen LogP contribution >= 0.6 is 0 Å². The molecule has 1 rings (SSSR count). The fourth-order valence-electron chi connectivity index (χ4n) is 1.85. The van der Waals surface area contributed by atoms with Gasteiger partial charge in [0.1, 0.15) is 5.69 Å². The maximum absolute atomic E-state index is 11.9. The number of benzene rings is 1. The molecule has 1 amide bonds. The van der Waals surface area contributed by atoms with Gasteiger partial charge in [-0.3, -0.25) is 14.9 Å². The minimum Gasteiger partial charge on any atom is -0.380 e. The van der Waals surface area contributed by atoms with Crippen LogP contribution in [0.5, 0.6) is 0 Å². The average molecular weight is 279 g/mol. The van der Waals surface area contributed by atoms with Gasteiger partial charge in [-0.1, -0.05) is 19.8 Å². The lowest BCUT2D eigenvalue weighted by molar-refractivity contribution is -0.384. The Morgan fingerprint density at radius 1 is 1.30 bits per heavy atom. The molecule has 6 nitrogen and oxygen atoms in total. The van der Waals surface area contributed by atoms with E-state index < -0.39 is 4.92 Å². The minimum absolute atomic E-state index is 0.0191. The number of hydrogen-bond donors (Lipinski definition) is 2. The molecule has 6 heteroatoms. The summed E-state index contributed by atoms with van der Waals surface area (Å²) >= 11 is 0. The van der Waals surface area contributed by atoms with Gasteiger partial charge in [0.05, 0.1) is 4.92 Å². The molecule has 20 heavy (non-hydrogen) atoms. The lowest BCUT2D eigenvalue weighted by Crippen LogP contribution is -2.24. The largest absolute Gasteiger partial charge is 0.380 e. The molecule has 0 bridgehead atoms. The van der Waals surface area contributed by atoms with Crippen molar-refractivity contribution >= 4 is 17.3 Å². The van der Waals surface area contributed by atoms with Gasteiger partial charge in [0.15, 0.2) is 0 Å².